The molecule has 5 heteroatoms. The second-order valence-corrected chi connectivity index (χ2v) is 5.93. The molecule has 0 aliphatic heterocycles. The van der Waals surface area contributed by atoms with Crippen LogP contribution in [0.3, 0.4) is 0 Å². The topological polar surface area (TPSA) is 42.3 Å². The van der Waals surface area contributed by atoms with Crippen molar-refractivity contribution >= 4 is 0 Å². The van der Waals surface area contributed by atoms with Gasteiger partial charge in [-0.2, -0.15) is 5.10 Å². The smallest absolute Gasteiger partial charge is 0.161 e. The van der Waals surface area contributed by atoms with Crippen LogP contribution in [0.25, 0.3) is 0 Å². The van der Waals surface area contributed by atoms with Crippen molar-refractivity contribution in [3.8, 4) is 5.75 Å². The number of nitrogens with zero attached hydrogens (tertiary/aromatic N) is 3. The van der Waals surface area contributed by atoms with Crippen LogP contribution in [0.1, 0.15) is 52.8 Å². The first kappa shape index (κ1) is 18.0. The van der Waals surface area contributed by atoms with Crippen molar-refractivity contribution < 1.29 is 4.74 Å². The van der Waals surface area contributed by atoms with Crippen molar-refractivity contribution in [1.82, 2.24) is 20.0 Å². The Balaban J connectivity index is 3.24. The number of aryl methyl sites for hydroxylation is 1. The number of likely N-dealkylation sites (N-methyl/N-ethyl adjacent to an activating group) is 1. The van der Waals surface area contributed by atoms with E-state index in [4.69, 9.17) is 4.74 Å². The third-order valence-corrected chi connectivity index (χ3v) is 4.33. The maximum Gasteiger partial charge on any atom is 0.161 e. The molecule has 0 saturated carbocycles. The van der Waals surface area contributed by atoms with Crippen LogP contribution in [0.4, 0.5) is 0 Å². The highest BCUT2D eigenvalue weighted by Crippen LogP contribution is 2.35. The zero-order valence-electron chi connectivity index (χ0n) is 14.7. The molecule has 122 valence electrons. The number of hydrogen-bond acceptors (Lipinski definition) is 4. The van der Waals surface area contributed by atoms with Crippen LogP contribution in [0.15, 0.2) is 6.20 Å². The van der Waals surface area contributed by atoms with Crippen molar-refractivity contribution in [1.29, 1.82) is 0 Å². The number of ether oxygens (including phenoxy) is 1. The Morgan fingerprint density at radius 1 is 1.33 bits per heavy atom. The summed E-state index contributed by atoms with van der Waals surface area (Å²) in [6, 6.07) is 0.166. The molecule has 0 aliphatic rings. The lowest BCUT2D eigenvalue weighted by Gasteiger charge is -2.44. The van der Waals surface area contributed by atoms with Gasteiger partial charge >= 0.3 is 0 Å². The first-order valence-corrected chi connectivity index (χ1v) is 7.98. The van der Waals surface area contributed by atoms with Gasteiger partial charge in [0.25, 0.3) is 0 Å². The normalized spacial score (nSPS) is 13.7. The largest absolute Gasteiger partial charge is 0.493 e. The molecule has 0 aromatic carbocycles. The molecule has 1 atom stereocenters. The average molecular weight is 296 g/mol. The van der Waals surface area contributed by atoms with E-state index in [0.717, 1.165) is 37.5 Å². The monoisotopic (exact) mass is 296 g/mol. The minimum Gasteiger partial charge on any atom is -0.493 e. The highest BCUT2D eigenvalue weighted by Gasteiger charge is 2.38. The van der Waals surface area contributed by atoms with Crippen LogP contribution in [0.5, 0.6) is 5.75 Å². The van der Waals surface area contributed by atoms with Gasteiger partial charge < -0.3 is 10.1 Å². The maximum atomic E-state index is 5.53. The van der Waals surface area contributed by atoms with E-state index < -0.39 is 0 Å². The molecule has 0 aliphatic carbocycles. The van der Waals surface area contributed by atoms with E-state index in [0.29, 0.717) is 0 Å². The lowest BCUT2D eigenvalue weighted by molar-refractivity contribution is 0.0867. The van der Waals surface area contributed by atoms with E-state index in [-0.39, 0.29) is 11.6 Å². The summed E-state index contributed by atoms with van der Waals surface area (Å²) in [6.07, 6.45) is 2.90. The SMILES string of the molecule is CCCNC(c1c(OC)cnn1C)C(C)(C)N(CC)CC. The minimum atomic E-state index is -0.0280. The molecule has 1 heterocycles. The molecule has 1 N–H and O–H groups in total. The average Bonchev–Trinajstić information content (AvgIpc) is 2.81. The van der Waals surface area contributed by atoms with Gasteiger partial charge in [0.2, 0.25) is 0 Å². The molecule has 1 aromatic heterocycles. The van der Waals surface area contributed by atoms with E-state index in [2.05, 4.69) is 49.9 Å². The summed E-state index contributed by atoms with van der Waals surface area (Å²) in [5.41, 5.74) is 1.09. The quantitative estimate of drug-likeness (QED) is 0.760. The van der Waals surface area contributed by atoms with Crippen LogP contribution in [0, 0.1) is 0 Å². The molecule has 5 nitrogen and oxygen atoms in total. The van der Waals surface area contributed by atoms with Crippen molar-refractivity contribution in [2.75, 3.05) is 26.7 Å². The first-order valence-electron chi connectivity index (χ1n) is 7.98. The van der Waals surface area contributed by atoms with Crippen molar-refractivity contribution in [2.24, 2.45) is 7.05 Å². The summed E-state index contributed by atoms with van der Waals surface area (Å²) in [5, 5.41) is 8.07. The Morgan fingerprint density at radius 2 is 1.95 bits per heavy atom. The van der Waals surface area contributed by atoms with Crippen LogP contribution >= 0.6 is 0 Å². The molecule has 0 spiro atoms. The fraction of sp³-hybridized carbons (Fsp3) is 0.812. The zero-order chi connectivity index (χ0) is 16.0. The Hall–Kier alpha value is -1.07. The lowest BCUT2D eigenvalue weighted by atomic mass is 9.89. The Kier molecular flexibility index (Phi) is 6.68. The van der Waals surface area contributed by atoms with Gasteiger partial charge in [-0.25, -0.2) is 0 Å². The van der Waals surface area contributed by atoms with Gasteiger partial charge in [-0.1, -0.05) is 20.8 Å². The molecule has 0 saturated heterocycles. The van der Waals surface area contributed by atoms with Crippen molar-refractivity contribution in [3.05, 3.63) is 11.9 Å². The van der Waals surface area contributed by atoms with Gasteiger partial charge in [0.15, 0.2) is 5.75 Å². The highest BCUT2D eigenvalue weighted by molar-refractivity contribution is 5.30. The molecule has 1 unspecified atom stereocenters. The Morgan fingerprint density at radius 3 is 2.43 bits per heavy atom. The number of methoxy groups -OCH3 is 1. The number of nitrogens with one attached hydrogen (secondary N) is 1. The number of aromatic nitrogens is 2. The summed E-state index contributed by atoms with van der Waals surface area (Å²) in [5.74, 6) is 0.853. The molecule has 0 fully saturated rings. The van der Waals surface area contributed by atoms with E-state index in [1.54, 1.807) is 13.3 Å². The standard InChI is InChI=1S/C16H32N4O/c1-8-11-17-15(16(4,5)20(9-2)10-3)14-13(21-7)12-18-19(14)6/h12,15,17H,8-11H2,1-7H3. The van der Waals surface area contributed by atoms with Crippen LogP contribution in [-0.4, -0.2) is 47.0 Å². The fourth-order valence-corrected chi connectivity index (χ4v) is 3.10. The van der Waals surface area contributed by atoms with Crippen molar-refractivity contribution in [2.45, 2.75) is 52.6 Å². The predicted octanol–water partition coefficient (Wildman–Crippen LogP) is 2.59. The third-order valence-electron chi connectivity index (χ3n) is 4.33. The molecular weight excluding hydrogens is 264 g/mol. The van der Waals surface area contributed by atoms with Gasteiger partial charge in [-0.3, -0.25) is 9.58 Å². The molecule has 21 heavy (non-hydrogen) atoms. The van der Waals surface area contributed by atoms with Crippen LogP contribution < -0.4 is 10.1 Å². The van der Waals surface area contributed by atoms with Crippen molar-refractivity contribution in [3.63, 3.8) is 0 Å². The van der Waals surface area contributed by atoms with E-state index in [9.17, 15) is 0 Å². The number of rotatable bonds is 9. The Labute approximate surface area is 129 Å². The summed E-state index contributed by atoms with van der Waals surface area (Å²) in [7, 11) is 3.69. The molecular formula is C16H32N4O. The van der Waals surface area contributed by atoms with Gasteiger partial charge in [-0.05, 0) is 39.9 Å². The van der Waals surface area contributed by atoms with Crippen LogP contribution in [0.2, 0.25) is 0 Å². The summed E-state index contributed by atoms with van der Waals surface area (Å²) in [4.78, 5) is 2.48. The summed E-state index contributed by atoms with van der Waals surface area (Å²) < 4.78 is 7.46. The first-order chi connectivity index (χ1) is 9.93. The second-order valence-electron chi connectivity index (χ2n) is 5.93. The minimum absolute atomic E-state index is 0.0280. The fourth-order valence-electron chi connectivity index (χ4n) is 3.10. The lowest BCUT2D eigenvalue weighted by Crippen LogP contribution is -2.53. The second kappa shape index (κ2) is 7.80. The third kappa shape index (κ3) is 3.77. The van der Waals surface area contributed by atoms with Crippen LogP contribution in [-0.2, 0) is 7.05 Å². The summed E-state index contributed by atoms with van der Waals surface area (Å²) >= 11 is 0. The molecule has 0 bridgehead atoms. The maximum absolute atomic E-state index is 5.53. The van der Waals surface area contributed by atoms with E-state index >= 15 is 0 Å². The summed E-state index contributed by atoms with van der Waals surface area (Å²) in [6.45, 7) is 14.2. The Bertz CT molecular complexity index is 424. The van der Waals surface area contributed by atoms with Gasteiger partial charge in [0, 0.05) is 12.6 Å². The molecule has 1 rings (SSSR count). The van der Waals surface area contributed by atoms with Gasteiger partial charge in [0.1, 0.15) is 0 Å². The predicted molar refractivity (Wildman–Crippen MR) is 87.8 cm³/mol. The van der Waals surface area contributed by atoms with E-state index in [1.807, 2.05) is 11.7 Å². The van der Waals surface area contributed by atoms with Gasteiger partial charge in [0.05, 0.1) is 25.0 Å². The molecule has 0 radical (unpaired) electrons. The van der Waals surface area contributed by atoms with E-state index in [1.165, 1.54) is 0 Å². The highest BCUT2D eigenvalue weighted by atomic mass is 16.5. The van der Waals surface area contributed by atoms with Gasteiger partial charge in [-0.15, -0.1) is 0 Å². The number of hydrogen-bond donors (Lipinski definition) is 1. The zero-order valence-corrected chi connectivity index (χ0v) is 14.7. The molecule has 0 amide bonds. The molecule has 1 aromatic rings.